The minimum Gasteiger partial charge on any atom is -0.454 e. The van der Waals surface area contributed by atoms with Crippen LogP contribution in [0, 0.1) is 0 Å². The van der Waals surface area contributed by atoms with E-state index in [4.69, 9.17) is 20.3 Å². The van der Waals surface area contributed by atoms with Crippen LogP contribution in [0.3, 0.4) is 0 Å². The van der Waals surface area contributed by atoms with Gasteiger partial charge in [-0.3, -0.25) is 5.01 Å². The van der Waals surface area contributed by atoms with Crippen molar-refractivity contribution in [1.29, 1.82) is 0 Å². The van der Waals surface area contributed by atoms with E-state index in [0.717, 1.165) is 46.1 Å². The normalized spacial score (nSPS) is 17.1. The molecule has 2 aliphatic heterocycles. The standard InChI is InChI=1S/C27H23N3O2/c1-17-13-20-14-25-26(32-16-31-25)15-23(20)27(19-9-11-21(28)12-10-19)29-30(17)24-8-4-6-18-5-2-3-7-22(18)24/h2-12,14-15,17H,13,16,28H2,1H3/t17-/m1/s1. The Balaban J connectivity index is 1.58. The van der Waals surface area contributed by atoms with Crippen LogP contribution in [0.5, 0.6) is 11.5 Å². The second kappa shape index (κ2) is 7.31. The van der Waals surface area contributed by atoms with Crippen LogP contribution in [-0.4, -0.2) is 18.5 Å². The molecule has 6 rings (SSSR count). The first kappa shape index (κ1) is 18.8. The van der Waals surface area contributed by atoms with E-state index in [9.17, 15) is 0 Å². The first-order valence-electron chi connectivity index (χ1n) is 10.8. The fourth-order valence-corrected chi connectivity index (χ4v) is 4.59. The smallest absolute Gasteiger partial charge is 0.231 e. The highest BCUT2D eigenvalue weighted by atomic mass is 16.7. The van der Waals surface area contributed by atoms with Gasteiger partial charge in [-0.15, -0.1) is 0 Å². The number of nitrogens with two attached hydrogens (primary N) is 1. The molecule has 4 aromatic carbocycles. The fraction of sp³-hybridized carbons (Fsp3) is 0.148. The Bertz CT molecular complexity index is 1360. The van der Waals surface area contributed by atoms with Crippen molar-refractivity contribution in [3.8, 4) is 11.5 Å². The van der Waals surface area contributed by atoms with Crippen molar-refractivity contribution < 1.29 is 9.47 Å². The van der Waals surface area contributed by atoms with Crippen LogP contribution in [0.4, 0.5) is 11.4 Å². The topological polar surface area (TPSA) is 60.1 Å². The van der Waals surface area contributed by atoms with Crippen LogP contribution in [-0.2, 0) is 6.42 Å². The summed E-state index contributed by atoms with van der Waals surface area (Å²) in [6, 6.07) is 27.0. The van der Waals surface area contributed by atoms with Gasteiger partial charge in [0.15, 0.2) is 11.5 Å². The van der Waals surface area contributed by atoms with E-state index in [1.807, 2.05) is 24.3 Å². The molecule has 0 unspecified atom stereocenters. The third-order valence-corrected chi connectivity index (χ3v) is 6.19. The molecule has 0 aliphatic carbocycles. The largest absolute Gasteiger partial charge is 0.454 e. The first-order valence-corrected chi connectivity index (χ1v) is 10.8. The Hall–Kier alpha value is -3.99. The molecule has 0 fully saturated rings. The zero-order chi connectivity index (χ0) is 21.7. The van der Waals surface area contributed by atoms with Crippen LogP contribution in [0.1, 0.15) is 23.6 Å². The Labute approximate surface area is 186 Å². The highest BCUT2D eigenvalue weighted by molar-refractivity contribution is 6.15. The maximum absolute atomic E-state index is 5.97. The first-order chi connectivity index (χ1) is 15.7. The van der Waals surface area contributed by atoms with Gasteiger partial charge in [-0.05, 0) is 54.6 Å². The van der Waals surface area contributed by atoms with E-state index >= 15 is 0 Å². The molecule has 0 bridgehead atoms. The van der Waals surface area contributed by atoms with E-state index in [0.29, 0.717) is 0 Å². The summed E-state index contributed by atoms with van der Waals surface area (Å²) in [4.78, 5) is 0. The number of rotatable bonds is 2. The summed E-state index contributed by atoms with van der Waals surface area (Å²) in [5, 5.41) is 9.79. The minimum absolute atomic E-state index is 0.145. The summed E-state index contributed by atoms with van der Waals surface area (Å²) in [5.74, 6) is 1.56. The Kier molecular flexibility index (Phi) is 4.28. The lowest BCUT2D eigenvalue weighted by atomic mass is 9.94. The van der Waals surface area contributed by atoms with Gasteiger partial charge in [0.2, 0.25) is 6.79 Å². The van der Waals surface area contributed by atoms with Crippen molar-refractivity contribution >= 4 is 27.9 Å². The van der Waals surface area contributed by atoms with Crippen LogP contribution < -0.4 is 20.2 Å². The molecule has 0 saturated heterocycles. The summed E-state index contributed by atoms with van der Waals surface area (Å²) in [6.07, 6.45) is 0.831. The average molecular weight is 422 g/mol. The zero-order valence-electron chi connectivity index (χ0n) is 17.8. The molecule has 32 heavy (non-hydrogen) atoms. The van der Waals surface area contributed by atoms with Crippen LogP contribution in [0.15, 0.2) is 84.0 Å². The average Bonchev–Trinajstić information content (AvgIpc) is 3.22. The van der Waals surface area contributed by atoms with Crippen LogP contribution in [0.25, 0.3) is 10.8 Å². The number of hydrogen-bond acceptors (Lipinski definition) is 5. The number of fused-ring (bicyclic) bond motifs is 3. The molecule has 4 aromatic rings. The highest BCUT2D eigenvalue weighted by Gasteiger charge is 2.28. The third-order valence-electron chi connectivity index (χ3n) is 6.19. The summed E-state index contributed by atoms with van der Waals surface area (Å²) in [5.41, 5.74) is 12.0. The number of anilines is 2. The summed E-state index contributed by atoms with van der Waals surface area (Å²) in [6.45, 7) is 2.47. The van der Waals surface area contributed by atoms with Crippen LogP contribution >= 0.6 is 0 Å². The molecule has 158 valence electrons. The van der Waals surface area contributed by atoms with Crippen molar-refractivity contribution in [2.24, 2.45) is 5.10 Å². The van der Waals surface area contributed by atoms with Gasteiger partial charge < -0.3 is 15.2 Å². The van der Waals surface area contributed by atoms with Crippen molar-refractivity contribution in [1.82, 2.24) is 0 Å². The van der Waals surface area contributed by atoms with Gasteiger partial charge in [-0.2, -0.15) is 5.10 Å². The Morgan fingerprint density at radius 3 is 2.50 bits per heavy atom. The van der Waals surface area contributed by atoms with Crippen LogP contribution in [0.2, 0.25) is 0 Å². The number of nitrogen functional groups attached to an aromatic ring is 1. The Morgan fingerprint density at radius 2 is 1.66 bits per heavy atom. The highest BCUT2D eigenvalue weighted by Crippen LogP contribution is 2.39. The lowest BCUT2D eigenvalue weighted by Gasteiger charge is -2.27. The van der Waals surface area contributed by atoms with Gasteiger partial charge in [-0.1, -0.05) is 48.5 Å². The van der Waals surface area contributed by atoms with Gasteiger partial charge in [0.1, 0.15) is 0 Å². The van der Waals surface area contributed by atoms with Crippen molar-refractivity contribution in [2.45, 2.75) is 19.4 Å². The molecular weight excluding hydrogens is 398 g/mol. The zero-order valence-corrected chi connectivity index (χ0v) is 17.8. The third kappa shape index (κ3) is 3.05. The van der Waals surface area contributed by atoms with Gasteiger partial charge in [0.25, 0.3) is 0 Å². The van der Waals surface area contributed by atoms with E-state index in [1.165, 1.54) is 16.3 Å². The second-order valence-electron chi connectivity index (χ2n) is 8.33. The molecule has 0 saturated carbocycles. The number of hydrazone groups is 1. The second-order valence-corrected chi connectivity index (χ2v) is 8.33. The molecule has 2 heterocycles. The molecule has 0 spiro atoms. The van der Waals surface area contributed by atoms with Gasteiger partial charge >= 0.3 is 0 Å². The molecule has 5 nitrogen and oxygen atoms in total. The van der Waals surface area contributed by atoms with Gasteiger partial charge in [0.05, 0.1) is 17.4 Å². The van der Waals surface area contributed by atoms with Gasteiger partial charge in [0, 0.05) is 22.2 Å². The summed E-state index contributed by atoms with van der Waals surface area (Å²) < 4.78 is 11.4. The number of hydrogen-bond donors (Lipinski definition) is 1. The predicted molar refractivity (Wildman–Crippen MR) is 129 cm³/mol. The Morgan fingerprint density at radius 1 is 0.906 bits per heavy atom. The maximum atomic E-state index is 5.97. The van der Waals surface area contributed by atoms with Crippen molar-refractivity contribution in [3.63, 3.8) is 0 Å². The molecule has 0 radical (unpaired) electrons. The molecule has 0 aromatic heterocycles. The predicted octanol–water partition coefficient (Wildman–Crippen LogP) is 5.35. The number of nitrogens with zero attached hydrogens (tertiary/aromatic N) is 2. The maximum Gasteiger partial charge on any atom is 0.231 e. The number of ether oxygens (including phenoxy) is 2. The molecule has 1 atom stereocenters. The fourth-order valence-electron chi connectivity index (χ4n) is 4.59. The SMILES string of the molecule is C[C@@H]1Cc2cc3c(cc2C(c2ccc(N)cc2)=NN1c1cccc2ccccc12)OCO3. The van der Waals surface area contributed by atoms with Gasteiger partial charge in [-0.25, -0.2) is 0 Å². The van der Waals surface area contributed by atoms with Crippen molar-refractivity contribution in [2.75, 3.05) is 17.5 Å². The van der Waals surface area contributed by atoms with E-state index in [1.54, 1.807) is 0 Å². The lowest BCUT2D eigenvalue weighted by molar-refractivity contribution is 0.174. The molecule has 5 heteroatoms. The molecular formula is C27H23N3O2. The summed E-state index contributed by atoms with van der Waals surface area (Å²) >= 11 is 0. The number of benzene rings is 4. The molecule has 2 N–H and O–H groups in total. The molecule has 2 aliphatic rings. The minimum atomic E-state index is 0.145. The van der Waals surface area contributed by atoms with E-state index < -0.39 is 0 Å². The van der Waals surface area contributed by atoms with Crippen molar-refractivity contribution in [3.05, 3.63) is 95.6 Å². The lowest BCUT2D eigenvalue weighted by Crippen LogP contribution is -2.29. The van der Waals surface area contributed by atoms with E-state index in [2.05, 4.69) is 66.5 Å². The molecule has 0 amide bonds. The van der Waals surface area contributed by atoms with E-state index in [-0.39, 0.29) is 12.8 Å². The summed E-state index contributed by atoms with van der Waals surface area (Å²) in [7, 11) is 0. The quantitative estimate of drug-likeness (QED) is 0.443. The monoisotopic (exact) mass is 421 g/mol.